The first-order chi connectivity index (χ1) is 9.65. The topological polar surface area (TPSA) is 97.3 Å². The van der Waals surface area contributed by atoms with Gasteiger partial charge in [0.2, 0.25) is 5.82 Å². The van der Waals surface area contributed by atoms with Crippen LogP contribution in [-0.2, 0) is 0 Å². The van der Waals surface area contributed by atoms with E-state index in [0.717, 1.165) is 13.0 Å². The average Bonchev–Trinajstić information content (AvgIpc) is 2.82. The molecule has 0 radical (unpaired) electrons. The summed E-state index contributed by atoms with van der Waals surface area (Å²) in [5.74, 6) is 0.601. The van der Waals surface area contributed by atoms with Crippen molar-refractivity contribution < 1.29 is 4.92 Å². The number of rotatable bonds is 3. The smallest absolute Gasteiger partial charge is 0.311 e. The Morgan fingerprint density at radius 3 is 2.95 bits per heavy atom. The Balaban J connectivity index is 1.72. The summed E-state index contributed by atoms with van der Waals surface area (Å²) in [4.78, 5) is 16.8. The normalized spacial score (nSPS) is 26.2. The summed E-state index contributed by atoms with van der Waals surface area (Å²) in [5, 5.41) is 14.1. The van der Waals surface area contributed by atoms with E-state index in [-0.39, 0.29) is 11.5 Å². The van der Waals surface area contributed by atoms with E-state index in [1.165, 1.54) is 31.9 Å². The van der Waals surface area contributed by atoms with Gasteiger partial charge in [-0.1, -0.05) is 6.42 Å². The Hall–Kier alpha value is -1.89. The van der Waals surface area contributed by atoms with Gasteiger partial charge in [0.25, 0.3) is 0 Å². The predicted molar refractivity (Wildman–Crippen MR) is 76.5 cm³/mol. The number of nitrogens with zero attached hydrogens (tertiary/aromatic N) is 3. The third-order valence-electron chi connectivity index (χ3n) is 4.29. The van der Waals surface area contributed by atoms with E-state index in [4.69, 9.17) is 5.73 Å². The number of fused-ring (bicyclic) bond motifs is 1. The van der Waals surface area contributed by atoms with Crippen molar-refractivity contribution in [3.63, 3.8) is 0 Å². The SMILES string of the molecule is Nc1nc(NC2CCN3CCCCC23)ccc1[N+](=O)[O-]. The minimum atomic E-state index is -0.509. The highest BCUT2D eigenvalue weighted by molar-refractivity contribution is 5.57. The summed E-state index contributed by atoms with van der Waals surface area (Å²) in [6, 6.07) is 3.98. The van der Waals surface area contributed by atoms with Crippen LogP contribution in [0.2, 0.25) is 0 Å². The van der Waals surface area contributed by atoms with Crippen LogP contribution in [0.25, 0.3) is 0 Å². The molecule has 0 aliphatic carbocycles. The molecule has 2 fully saturated rings. The lowest BCUT2D eigenvalue weighted by Crippen LogP contribution is -2.41. The van der Waals surface area contributed by atoms with Crippen molar-refractivity contribution in [2.24, 2.45) is 0 Å². The molecule has 0 spiro atoms. The van der Waals surface area contributed by atoms with Crippen LogP contribution < -0.4 is 11.1 Å². The van der Waals surface area contributed by atoms with Gasteiger partial charge < -0.3 is 11.1 Å². The van der Waals surface area contributed by atoms with E-state index in [1.807, 2.05) is 0 Å². The number of anilines is 2. The van der Waals surface area contributed by atoms with Gasteiger partial charge in [0.1, 0.15) is 5.82 Å². The molecule has 0 bridgehead atoms. The molecule has 2 aliphatic rings. The molecule has 3 N–H and O–H groups in total. The first-order valence-corrected chi connectivity index (χ1v) is 7.06. The van der Waals surface area contributed by atoms with Gasteiger partial charge >= 0.3 is 5.69 Å². The molecule has 3 rings (SSSR count). The van der Waals surface area contributed by atoms with E-state index in [0.29, 0.717) is 17.9 Å². The average molecular weight is 277 g/mol. The summed E-state index contributed by atoms with van der Waals surface area (Å²) in [6.07, 6.45) is 4.85. The van der Waals surface area contributed by atoms with Crippen molar-refractivity contribution in [2.45, 2.75) is 37.8 Å². The lowest BCUT2D eigenvalue weighted by atomic mass is 9.99. The molecule has 2 unspecified atom stereocenters. The van der Waals surface area contributed by atoms with Crippen molar-refractivity contribution >= 4 is 17.3 Å². The molecule has 1 aromatic heterocycles. The third kappa shape index (κ3) is 2.40. The Morgan fingerprint density at radius 1 is 1.35 bits per heavy atom. The summed E-state index contributed by atoms with van der Waals surface area (Å²) >= 11 is 0. The van der Waals surface area contributed by atoms with Crippen molar-refractivity contribution in [1.29, 1.82) is 0 Å². The molecule has 0 saturated carbocycles. The van der Waals surface area contributed by atoms with Crippen molar-refractivity contribution in [3.8, 4) is 0 Å². The van der Waals surface area contributed by atoms with Crippen LogP contribution >= 0.6 is 0 Å². The summed E-state index contributed by atoms with van der Waals surface area (Å²) in [7, 11) is 0. The number of aromatic nitrogens is 1. The summed E-state index contributed by atoms with van der Waals surface area (Å²) in [6.45, 7) is 2.30. The second kappa shape index (κ2) is 5.24. The second-order valence-corrected chi connectivity index (χ2v) is 5.50. The van der Waals surface area contributed by atoms with Gasteiger partial charge in [-0.25, -0.2) is 4.98 Å². The largest absolute Gasteiger partial charge is 0.378 e. The van der Waals surface area contributed by atoms with E-state index < -0.39 is 4.92 Å². The standard InChI is InChI=1S/C13H19N5O2/c14-13-11(18(19)20)4-5-12(16-13)15-9-6-8-17-7-2-1-3-10(9)17/h4-5,9-10H,1-3,6-8H2,(H3,14,15,16). The van der Waals surface area contributed by atoms with Crippen LogP contribution in [0.15, 0.2) is 12.1 Å². The van der Waals surface area contributed by atoms with Gasteiger partial charge in [-0.05, 0) is 31.9 Å². The van der Waals surface area contributed by atoms with Crippen molar-refractivity contribution in [2.75, 3.05) is 24.1 Å². The number of piperidine rings is 1. The minimum Gasteiger partial charge on any atom is -0.378 e. The molecule has 108 valence electrons. The van der Waals surface area contributed by atoms with Crippen LogP contribution in [0.5, 0.6) is 0 Å². The van der Waals surface area contributed by atoms with E-state index in [1.54, 1.807) is 6.07 Å². The molecule has 0 aromatic carbocycles. The molecule has 0 amide bonds. The quantitative estimate of drug-likeness (QED) is 0.643. The zero-order valence-corrected chi connectivity index (χ0v) is 11.3. The first kappa shape index (κ1) is 13.1. The Bertz CT molecular complexity index is 521. The van der Waals surface area contributed by atoms with E-state index >= 15 is 0 Å². The van der Waals surface area contributed by atoms with Crippen molar-refractivity contribution in [1.82, 2.24) is 9.88 Å². The lowest BCUT2D eigenvalue weighted by Gasteiger charge is -2.32. The number of nitrogens with one attached hydrogen (secondary N) is 1. The highest BCUT2D eigenvalue weighted by Gasteiger charge is 2.35. The molecule has 2 aliphatic heterocycles. The number of hydrogen-bond donors (Lipinski definition) is 2. The number of nitrogens with two attached hydrogens (primary N) is 1. The molecule has 2 atom stereocenters. The molecule has 7 heteroatoms. The molecule has 1 aromatic rings. The highest BCUT2D eigenvalue weighted by atomic mass is 16.6. The van der Waals surface area contributed by atoms with Gasteiger partial charge in [0, 0.05) is 24.7 Å². The second-order valence-electron chi connectivity index (χ2n) is 5.50. The summed E-state index contributed by atoms with van der Waals surface area (Å²) < 4.78 is 0. The van der Waals surface area contributed by atoms with Crippen LogP contribution in [-0.4, -0.2) is 40.0 Å². The lowest BCUT2D eigenvalue weighted by molar-refractivity contribution is -0.384. The van der Waals surface area contributed by atoms with Crippen LogP contribution in [0.1, 0.15) is 25.7 Å². The third-order valence-corrected chi connectivity index (χ3v) is 4.29. The Labute approximate surface area is 117 Å². The van der Waals surface area contributed by atoms with Gasteiger partial charge in [-0.3, -0.25) is 15.0 Å². The van der Waals surface area contributed by atoms with E-state index in [9.17, 15) is 10.1 Å². The maximum Gasteiger partial charge on any atom is 0.311 e. The number of nitro groups is 1. The number of nitrogen functional groups attached to an aromatic ring is 1. The maximum absolute atomic E-state index is 10.7. The van der Waals surface area contributed by atoms with Crippen LogP contribution in [0.4, 0.5) is 17.3 Å². The van der Waals surface area contributed by atoms with Gasteiger partial charge in [0.05, 0.1) is 4.92 Å². The maximum atomic E-state index is 10.7. The Kier molecular flexibility index (Phi) is 3.43. The molecular weight excluding hydrogens is 258 g/mol. The van der Waals surface area contributed by atoms with E-state index in [2.05, 4.69) is 15.2 Å². The molecule has 2 saturated heterocycles. The molecule has 7 nitrogen and oxygen atoms in total. The molecule has 20 heavy (non-hydrogen) atoms. The van der Waals surface area contributed by atoms with Gasteiger partial charge in [-0.15, -0.1) is 0 Å². The van der Waals surface area contributed by atoms with Crippen LogP contribution in [0, 0.1) is 10.1 Å². The molecular formula is C13H19N5O2. The fourth-order valence-electron chi connectivity index (χ4n) is 3.31. The zero-order valence-electron chi connectivity index (χ0n) is 11.3. The zero-order chi connectivity index (χ0) is 14.1. The minimum absolute atomic E-state index is 0.0292. The van der Waals surface area contributed by atoms with Gasteiger partial charge in [-0.2, -0.15) is 0 Å². The fourth-order valence-corrected chi connectivity index (χ4v) is 3.31. The molecule has 3 heterocycles. The van der Waals surface area contributed by atoms with Gasteiger partial charge in [0.15, 0.2) is 0 Å². The number of hydrogen-bond acceptors (Lipinski definition) is 6. The highest BCUT2D eigenvalue weighted by Crippen LogP contribution is 2.29. The van der Waals surface area contributed by atoms with Crippen LogP contribution in [0.3, 0.4) is 0 Å². The fraction of sp³-hybridized carbons (Fsp3) is 0.615. The predicted octanol–water partition coefficient (Wildman–Crippen LogP) is 1.61. The van der Waals surface area contributed by atoms with Crippen molar-refractivity contribution in [3.05, 3.63) is 22.2 Å². The monoisotopic (exact) mass is 277 g/mol. The number of pyridine rings is 1. The Morgan fingerprint density at radius 2 is 2.20 bits per heavy atom. The summed E-state index contributed by atoms with van der Waals surface area (Å²) in [5.41, 5.74) is 5.49. The first-order valence-electron chi connectivity index (χ1n) is 7.06.